The van der Waals surface area contributed by atoms with Crippen LogP contribution in [-0.2, 0) is 13.1 Å². The first-order valence-electron chi connectivity index (χ1n) is 13.6. The highest BCUT2D eigenvalue weighted by atomic mass is 16.1. The number of aromatic amines is 1. The molecule has 0 radical (unpaired) electrons. The Kier molecular flexibility index (Phi) is 7.51. The van der Waals surface area contributed by atoms with Crippen molar-refractivity contribution in [3.05, 3.63) is 86.5 Å². The second-order valence-electron chi connectivity index (χ2n) is 10.8. The third-order valence-corrected chi connectivity index (χ3v) is 7.83. The van der Waals surface area contributed by atoms with Gasteiger partial charge in [-0.1, -0.05) is 62.1 Å². The largest absolute Gasteiger partial charge is 0.322 e. The van der Waals surface area contributed by atoms with Crippen LogP contribution in [0.1, 0.15) is 91.2 Å². The fraction of sp³-hybridized carbons (Fsp3) is 0.467. The smallest absolute Gasteiger partial charge is 0.252 e. The zero-order chi connectivity index (χ0) is 25.9. The zero-order valence-electron chi connectivity index (χ0n) is 22.5. The minimum absolute atomic E-state index is 0.00700. The number of nitrogens with one attached hydrogen (secondary N) is 1. The van der Waals surface area contributed by atoms with Crippen molar-refractivity contribution in [1.82, 2.24) is 30.1 Å². The van der Waals surface area contributed by atoms with E-state index in [-0.39, 0.29) is 11.6 Å². The Bertz CT molecular complexity index is 1410. The Labute approximate surface area is 218 Å². The third kappa shape index (κ3) is 5.52. The van der Waals surface area contributed by atoms with Gasteiger partial charge in [0, 0.05) is 29.6 Å². The van der Waals surface area contributed by atoms with Crippen molar-refractivity contribution in [2.45, 2.75) is 91.4 Å². The predicted octanol–water partition coefficient (Wildman–Crippen LogP) is 6.10. The van der Waals surface area contributed by atoms with Crippen LogP contribution in [0.25, 0.3) is 10.9 Å². The Morgan fingerprint density at radius 2 is 1.76 bits per heavy atom. The number of fused-ring (bicyclic) bond motifs is 1. The van der Waals surface area contributed by atoms with Crippen LogP contribution in [0, 0.1) is 20.8 Å². The van der Waals surface area contributed by atoms with Gasteiger partial charge in [0.05, 0.1) is 12.1 Å². The summed E-state index contributed by atoms with van der Waals surface area (Å²) in [6.45, 7) is 9.68. The van der Waals surface area contributed by atoms with E-state index in [0.717, 1.165) is 47.1 Å². The van der Waals surface area contributed by atoms with Gasteiger partial charge in [0.1, 0.15) is 0 Å². The van der Waals surface area contributed by atoms with E-state index in [9.17, 15) is 4.79 Å². The van der Waals surface area contributed by atoms with Crippen molar-refractivity contribution in [3.8, 4) is 0 Å². The van der Waals surface area contributed by atoms with Gasteiger partial charge in [-0.05, 0) is 79.3 Å². The number of aryl methyl sites for hydroxylation is 3. The van der Waals surface area contributed by atoms with Gasteiger partial charge in [0.2, 0.25) is 0 Å². The van der Waals surface area contributed by atoms with E-state index in [1.807, 2.05) is 6.07 Å². The van der Waals surface area contributed by atoms with E-state index < -0.39 is 0 Å². The van der Waals surface area contributed by atoms with E-state index in [1.165, 1.54) is 36.0 Å². The van der Waals surface area contributed by atoms with Crippen LogP contribution in [0.15, 0.2) is 47.3 Å². The number of rotatable bonds is 8. The van der Waals surface area contributed by atoms with Gasteiger partial charge in [0.25, 0.3) is 5.56 Å². The number of H-pyrrole nitrogens is 1. The maximum atomic E-state index is 13.3. The molecule has 0 saturated heterocycles. The molecule has 1 aliphatic carbocycles. The van der Waals surface area contributed by atoms with E-state index >= 15 is 0 Å². The molecule has 0 spiro atoms. The summed E-state index contributed by atoms with van der Waals surface area (Å²) in [6, 6.07) is 15.3. The van der Waals surface area contributed by atoms with Gasteiger partial charge in [-0.3, -0.25) is 9.69 Å². The molecule has 5 rings (SSSR count). The lowest BCUT2D eigenvalue weighted by Crippen LogP contribution is -2.33. The summed E-state index contributed by atoms with van der Waals surface area (Å²) in [6.07, 6.45) is 6.82. The lowest BCUT2D eigenvalue weighted by Gasteiger charge is -2.32. The minimum atomic E-state index is -0.0341. The topological polar surface area (TPSA) is 79.7 Å². The van der Waals surface area contributed by atoms with Crippen molar-refractivity contribution >= 4 is 10.9 Å². The quantitative estimate of drug-likeness (QED) is 0.318. The van der Waals surface area contributed by atoms with Crippen LogP contribution < -0.4 is 5.56 Å². The fourth-order valence-electron chi connectivity index (χ4n) is 5.87. The maximum Gasteiger partial charge on any atom is 0.252 e. The van der Waals surface area contributed by atoms with E-state index in [4.69, 9.17) is 0 Å². The molecule has 2 aromatic carbocycles. The number of benzene rings is 2. The first kappa shape index (κ1) is 25.3. The molecule has 37 heavy (non-hydrogen) atoms. The number of aromatic nitrogens is 5. The van der Waals surface area contributed by atoms with Crippen LogP contribution in [0.3, 0.4) is 0 Å². The molecule has 1 aliphatic rings. The van der Waals surface area contributed by atoms with Gasteiger partial charge in [0.15, 0.2) is 5.82 Å². The second-order valence-corrected chi connectivity index (χ2v) is 10.8. The van der Waals surface area contributed by atoms with Crippen LogP contribution in [0.2, 0.25) is 0 Å². The van der Waals surface area contributed by atoms with Crippen molar-refractivity contribution in [3.63, 3.8) is 0 Å². The number of pyridine rings is 1. The van der Waals surface area contributed by atoms with Gasteiger partial charge >= 0.3 is 0 Å². The average Bonchev–Trinajstić information content (AvgIpc) is 3.36. The molecule has 0 amide bonds. The first-order valence-corrected chi connectivity index (χ1v) is 13.6. The monoisotopic (exact) mass is 498 g/mol. The van der Waals surface area contributed by atoms with Crippen molar-refractivity contribution in [2.24, 2.45) is 0 Å². The molecule has 4 aromatic rings. The molecule has 1 saturated carbocycles. The SMILES string of the molecule is CCC(c1nnnn1C1CCCCC1)N(Cc1ccc(C)cc1)Cc1cc2c(C)cc(C)cc2[nH]c1=O. The summed E-state index contributed by atoms with van der Waals surface area (Å²) in [5.41, 5.74) is 6.39. The Morgan fingerprint density at radius 1 is 1.00 bits per heavy atom. The fourth-order valence-corrected chi connectivity index (χ4v) is 5.87. The van der Waals surface area contributed by atoms with Crippen LogP contribution >= 0.6 is 0 Å². The van der Waals surface area contributed by atoms with Gasteiger partial charge < -0.3 is 4.98 Å². The highest BCUT2D eigenvalue weighted by Gasteiger charge is 2.29. The second kappa shape index (κ2) is 11.0. The van der Waals surface area contributed by atoms with Crippen molar-refractivity contribution in [2.75, 3.05) is 0 Å². The number of nitrogens with zero attached hydrogens (tertiary/aromatic N) is 5. The van der Waals surface area contributed by atoms with Crippen LogP contribution in [0.4, 0.5) is 0 Å². The third-order valence-electron chi connectivity index (χ3n) is 7.83. The van der Waals surface area contributed by atoms with Gasteiger partial charge in [-0.15, -0.1) is 5.10 Å². The Morgan fingerprint density at radius 3 is 2.49 bits per heavy atom. The highest BCUT2D eigenvalue weighted by molar-refractivity contribution is 5.83. The maximum absolute atomic E-state index is 13.3. The van der Waals surface area contributed by atoms with E-state index in [2.05, 4.69) is 94.2 Å². The molecule has 1 N–H and O–H groups in total. The summed E-state index contributed by atoms with van der Waals surface area (Å²) >= 11 is 0. The molecular weight excluding hydrogens is 460 g/mol. The molecule has 1 fully saturated rings. The van der Waals surface area contributed by atoms with E-state index in [0.29, 0.717) is 19.1 Å². The van der Waals surface area contributed by atoms with Gasteiger partial charge in [-0.2, -0.15) is 0 Å². The highest BCUT2D eigenvalue weighted by Crippen LogP contribution is 2.33. The number of hydrogen-bond acceptors (Lipinski definition) is 5. The van der Waals surface area contributed by atoms with Gasteiger partial charge in [-0.25, -0.2) is 4.68 Å². The van der Waals surface area contributed by atoms with Crippen LogP contribution in [-0.4, -0.2) is 30.1 Å². The number of tetrazole rings is 1. The normalized spacial score (nSPS) is 15.5. The summed E-state index contributed by atoms with van der Waals surface area (Å²) in [5.74, 6) is 0.908. The Hall–Kier alpha value is -3.32. The summed E-state index contributed by atoms with van der Waals surface area (Å²) in [4.78, 5) is 18.8. The summed E-state index contributed by atoms with van der Waals surface area (Å²) in [7, 11) is 0. The van der Waals surface area contributed by atoms with Crippen LogP contribution in [0.5, 0.6) is 0 Å². The Balaban J connectivity index is 1.54. The lowest BCUT2D eigenvalue weighted by atomic mass is 9.95. The predicted molar refractivity (Wildman–Crippen MR) is 147 cm³/mol. The number of hydrogen-bond donors (Lipinski definition) is 1. The standard InChI is InChI=1S/C30H38N6O/c1-5-28(29-32-33-34-36(29)25-9-7-6-8-10-25)35(18-23-13-11-20(2)12-14-23)19-24-17-26-22(4)15-21(3)16-27(26)31-30(24)37/h11-17,25,28H,5-10,18-19H2,1-4H3,(H,31,37). The molecule has 7 heteroatoms. The summed E-state index contributed by atoms with van der Waals surface area (Å²) < 4.78 is 2.08. The summed E-state index contributed by atoms with van der Waals surface area (Å²) in [5, 5.41) is 14.2. The molecular formula is C30H38N6O. The van der Waals surface area contributed by atoms with Crippen molar-refractivity contribution in [1.29, 1.82) is 0 Å². The molecule has 2 aromatic heterocycles. The van der Waals surface area contributed by atoms with E-state index in [1.54, 1.807) is 0 Å². The molecule has 194 valence electrons. The molecule has 0 aliphatic heterocycles. The van der Waals surface area contributed by atoms with Crippen molar-refractivity contribution < 1.29 is 0 Å². The average molecular weight is 499 g/mol. The zero-order valence-corrected chi connectivity index (χ0v) is 22.5. The molecule has 0 bridgehead atoms. The molecule has 1 atom stereocenters. The molecule has 1 unspecified atom stereocenters. The minimum Gasteiger partial charge on any atom is -0.322 e. The molecule has 7 nitrogen and oxygen atoms in total. The first-order chi connectivity index (χ1) is 17.9. The lowest BCUT2D eigenvalue weighted by molar-refractivity contribution is 0.155. The molecule has 2 heterocycles.